The zero-order valence-electron chi connectivity index (χ0n) is 8.11. The van der Waals surface area contributed by atoms with Crippen molar-refractivity contribution in [3.63, 3.8) is 0 Å². The van der Waals surface area contributed by atoms with Gasteiger partial charge in [-0.2, -0.15) is 13.2 Å². The molecule has 0 aliphatic heterocycles. The molecule has 0 aliphatic rings. The van der Waals surface area contributed by atoms with Gasteiger partial charge in [-0.05, 0) is 7.05 Å². The zero-order valence-corrected chi connectivity index (χ0v) is 8.11. The fraction of sp³-hybridized carbons (Fsp3) is 0.857. The molecule has 84 valence electrons. The molecule has 14 heavy (non-hydrogen) atoms. The van der Waals surface area contributed by atoms with Crippen molar-refractivity contribution >= 4 is 6.03 Å². The highest BCUT2D eigenvalue weighted by molar-refractivity contribution is 5.73. The van der Waals surface area contributed by atoms with Crippen LogP contribution in [0.25, 0.3) is 0 Å². The second kappa shape index (κ2) is 5.69. The summed E-state index contributed by atoms with van der Waals surface area (Å²) >= 11 is 0. The lowest BCUT2D eigenvalue weighted by atomic mass is 10.5. The largest absolute Gasteiger partial charge is 0.405 e. The molecule has 0 unspecified atom stereocenters. The maximum Gasteiger partial charge on any atom is 0.405 e. The number of nitrogens with zero attached hydrogens (tertiary/aromatic N) is 1. The smallest absolute Gasteiger partial charge is 0.329 e. The molecule has 2 N–H and O–H groups in total. The number of hydrogen-bond donors (Lipinski definition) is 2. The van der Waals surface area contributed by atoms with E-state index in [0.717, 1.165) is 0 Å². The van der Waals surface area contributed by atoms with Crippen LogP contribution in [0.1, 0.15) is 0 Å². The molecule has 0 spiro atoms. The summed E-state index contributed by atoms with van der Waals surface area (Å²) in [5.41, 5.74) is 0. The first-order valence-corrected chi connectivity index (χ1v) is 4.07. The van der Waals surface area contributed by atoms with Crippen molar-refractivity contribution < 1.29 is 18.0 Å². The van der Waals surface area contributed by atoms with E-state index in [4.69, 9.17) is 0 Å². The first kappa shape index (κ1) is 13.0. The van der Waals surface area contributed by atoms with Crippen molar-refractivity contribution in [1.29, 1.82) is 0 Å². The van der Waals surface area contributed by atoms with Crippen molar-refractivity contribution in [3.05, 3.63) is 0 Å². The molecule has 0 aliphatic carbocycles. The quantitative estimate of drug-likeness (QED) is 0.710. The molecule has 0 fully saturated rings. The zero-order chi connectivity index (χ0) is 11.2. The van der Waals surface area contributed by atoms with Crippen molar-refractivity contribution in [2.45, 2.75) is 6.18 Å². The Bertz CT molecular complexity index is 184. The predicted octanol–water partition coefficient (Wildman–Crippen LogP) is 0.410. The van der Waals surface area contributed by atoms with Crippen LogP contribution in [0, 0.1) is 0 Å². The Morgan fingerprint density at radius 1 is 1.43 bits per heavy atom. The Morgan fingerprint density at radius 2 is 2.00 bits per heavy atom. The van der Waals surface area contributed by atoms with E-state index in [0.29, 0.717) is 13.1 Å². The first-order valence-electron chi connectivity index (χ1n) is 4.07. The molecule has 0 atom stereocenters. The molecule has 0 bridgehead atoms. The van der Waals surface area contributed by atoms with E-state index < -0.39 is 18.8 Å². The lowest BCUT2D eigenvalue weighted by molar-refractivity contribution is -0.123. The van der Waals surface area contributed by atoms with Crippen molar-refractivity contribution in [2.24, 2.45) is 0 Å². The number of likely N-dealkylation sites (N-methyl/N-ethyl adjacent to an activating group) is 2. The van der Waals surface area contributed by atoms with Crippen molar-refractivity contribution in [2.75, 3.05) is 33.7 Å². The number of carbonyl (C=O) groups excluding carboxylic acids is 1. The maximum absolute atomic E-state index is 11.7. The predicted molar refractivity (Wildman–Crippen MR) is 46.0 cm³/mol. The average Bonchev–Trinajstić information content (AvgIpc) is 2.09. The van der Waals surface area contributed by atoms with Crippen molar-refractivity contribution in [3.8, 4) is 0 Å². The Balaban J connectivity index is 3.73. The van der Waals surface area contributed by atoms with Crippen LogP contribution in [-0.2, 0) is 0 Å². The van der Waals surface area contributed by atoms with Gasteiger partial charge in [-0.25, -0.2) is 4.79 Å². The highest BCUT2D eigenvalue weighted by Gasteiger charge is 2.28. The van der Waals surface area contributed by atoms with E-state index in [-0.39, 0.29) is 0 Å². The van der Waals surface area contributed by atoms with Gasteiger partial charge in [0.2, 0.25) is 0 Å². The molecule has 0 saturated carbocycles. The van der Waals surface area contributed by atoms with Gasteiger partial charge in [0.15, 0.2) is 0 Å². The minimum Gasteiger partial charge on any atom is -0.329 e. The van der Waals surface area contributed by atoms with E-state index in [1.165, 1.54) is 11.9 Å². The lowest BCUT2D eigenvalue weighted by Gasteiger charge is -2.18. The van der Waals surface area contributed by atoms with Crippen LogP contribution >= 0.6 is 0 Å². The normalized spacial score (nSPS) is 11.2. The average molecular weight is 213 g/mol. The SMILES string of the molecule is CNCCN(C)C(=O)NCC(F)(F)F. The fourth-order valence-corrected chi connectivity index (χ4v) is 0.692. The van der Waals surface area contributed by atoms with Crippen LogP contribution in [0.5, 0.6) is 0 Å². The second-order valence-electron chi connectivity index (χ2n) is 2.80. The summed E-state index contributed by atoms with van der Waals surface area (Å²) in [5.74, 6) is 0. The Labute approximate surface area is 80.4 Å². The number of rotatable bonds is 4. The molecule has 0 aromatic rings. The van der Waals surface area contributed by atoms with Gasteiger partial charge in [0, 0.05) is 20.1 Å². The molecule has 2 amide bonds. The summed E-state index contributed by atoms with van der Waals surface area (Å²) in [4.78, 5) is 12.2. The number of amides is 2. The molecule has 0 radical (unpaired) electrons. The van der Waals surface area contributed by atoms with Crippen molar-refractivity contribution in [1.82, 2.24) is 15.5 Å². The van der Waals surface area contributed by atoms with Gasteiger partial charge >= 0.3 is 12.2 Å². The third-order valence-electron chi connectivity index (χ3n) is 1.48. The number of nitrogens with one attached hydrogen (secondary N) is 2. The van der Waals surface area contributed by atoms with Gasteiger partial charge < -0.3 is 15.5 Å². The second-order valence-corrected chi connectivity index (χ2v) is 2.80. The van der Waals surface area contributed by atoms with Crippen LogP contribution in [0.4, 0.5) is 18.0 Å². The Hall–Kier alpha value is -0.980. The fourth-order valence-electron chi connectivity index (χ4n) is 0.692. The van der Waals surface area contributed by atoms with E-state index in [9.17, 15) is 18.0 Å². The molecule has 0 aromatic carbocycles. The molecule has 0 aromatic heterocycles. The Kier molecular flexibility index (Phi) is 5.29. The Morgan fingerprint density at radius 3 is 2.43 bits per heavy atom. The van der Waals surface area contributed by atoms with Gasteiger partial charge in [-0.15, -0.1) is 0 Å². The van der Waals surface area contributed by atoms with Gasteiger partial charge in [-0.1, -0.05) is 0 Å². The number of alkyl halides is 3. The highest BCUT2D eigenvalue weighted by atomic mass is 19.4. The monoisotopic (exact) mass is 213 g/mol. The van der Waals surface area contributed by atoms with Crippen LogP contribution in [0.3, 0.4) is 0 Å². The molecule has 7 heteroatoms. The minimum absolute atomic E-state index is 0.361. The maximum atomic E-state index is 11.7. The summed E-state index contributed by atoms with van der Waals surface area (Å²) in [7, 11) is 3.13. The molecule has 0 saturated heterocycles. The highest BCUT2D eigenvalue weighted by Crippen LogP contribution is 2.12. The molecular formula is C7H14F3N3O. The van der Waals surface area contributed by atoms with Crippen LogP contribution in [-0.4, -0.2) is 50.8 Å². The number of urea groups is 1. The number of carbonyl (C=O) groups is 1. The van der Waals surface area contributed by atoms with Crippen LogP contribution in [0.15, 0.2) is 0 Å². The summed E-state index contributed by atoms with van der Waals surface area (Å²) in [6.45, 7) is -0.397. The third kappa shape index (κ3) is 6.53. The molecule has 0 heterocycles. The van der Waals surface area contributed by atoms with E-state index >= 15 is 0 Å². The minimum atomic E-state index is -4.36. The topological polar surface area (TPSA) is 44.4 Å². The summed E-state index contributed by atoms with van der Waals surface area (Å²) in [5, 5.41) is 4.55. The molecule has 0 rings (SSSR count). The van der Waals surface area contributed by atoms with Gasteiger partial charge in [0.1, 0.15) is 6.54 Å². The first-order chi connectivity index (χ1) is 6.37. The third-order valence-corrected chi connectivity index (χ3v) is 1.48. The van der Waals surface area contributed by atoms with E-state index in [2.05, 4.69) is 5.32 Å². The standard InChI is InChI=1S/C7H14F3N3O/c1-11-3-4-13(2)6(14)12-5-7(8,9)10/h11H,3-5H2,1-2H3,(H,12,14). The summed E-state index contributed by atoms with van der Waals surface area (Å²) in [6.07, 6.45) is -4.36. The molecule has 4 nitrogen and oxygen atoms in total. The van der Waals surface area contributed by atoms with Gasteiger partial charge in [0.05, 0.1) is 0 Å². The van der Waals surface area contributed by atoms with E-state index in [1.807, 2.05) is 0 Å². The summed E-state index contributed by atoms with van der Waals surface area (Å²) < 4.78 is 35.1. The number of halogens is 3. The van der Waals surface area contributed by atoms with Gasteiger partial charge in [-0.3, -0.25) is 0 Å². The number of hydrogen-bond acceptors (Lipinski definition) is 2. The lowest BCUT2D eigenvalue weighted by Crippen LogP contribution is -2.43. The van der Waals surface area contributed by atoms with Gasteiger partial charge in [0.25, 0.3) is 0 Å². The summed E-state index contributed by atoms with van der Waals surface area (Å²) in [6, 6.07) is -0.724. The molecular weight excluding hydrogens is 199 g/mol. The van der Waals surface area contributed by atoms with Crippen LogP contribution < -0.4 is 10.6 Å². The van der Waals surface area contributed by atoms with Crippen LogP contribution in [0.2, 0.25) is 0 Å². The van der Waals surface area contributed by atoms with E-state index in [1.54, 1.807) is 12.4 Å².